The molecule has 4 amide bonds. The Morgan fingerprint density at radius 1 is 0.507 bits per heavy atom. The van der Waals surface area contributed by atoms with E-state index in [0.29, 0.717) is 25.2 Å². The second-order valence-corrected chi connectivity index (χ2v) is 19.5. The fraction of sp³-hybridized carbons (Fsp3) is 0.310. The smallest absolute Gasteiger partial charge is 0.410 e. The molecule has 0 aliphatic carbocycles. The molecular weight excluding hydrogens is 865 g/mol. The van der Waals surface area contributed by atoms with Crippen LogP contribution in [0.15, 0.2) is 115 Å². The number of hydrogen-bond acceptors (Lipinski definition) is 7. The third-order valence-corrected chi connectivity index (χ3v) is 12.0. The number of carbonyl (C=O) groups is 4. The Morgan fingerprint density at radius 3 is 1.19 bits per heavy atom. The minimum absolute atomic E-state index is 0.109. The van der Waals surface area contributed by atoms with E-state index in [1.807, 2.05) is 133 Å². The molecule has 0 aliphatic heterocycles. The molecule has 0 aromatic heterocycles. The third-order valence-electron chi connectivity index (χ3n) is 12.0. The van der Waals surface area contributed by atoms with Crippen LogP contribution in [0.1, 0.15) is 91.4 Å². The van der Waals surface area contributed by atoms with E-state index in [-0.39, 0.29) is 42.8 Å². The summed E-state index contributed by atoms with van der Waals surface area (Å²) in [4.78, 5) is 62.0. The van der Waals surface area contributed by atoms with Gasteiger partial charge in [0.1, 0.15) is 23.6 Å². The highest BCUT2D eigenvalue weighted by molar-refractivity contribution is 6.08. The second-order valence-electron chi connectivity index (χ2n) is 19.5. The van der Waals surface area contributed by atoms with E-state index < -0.39 is 23.4 Å². The Morgan fingerprint density at radius 2 is 0.855 bits per heavy atom. The van der Waals surface area contributed by atoms with Gasteiger partial charge in [0.2, 0.25) is 0 Å². The zero-order valence-electron chi connectivity index (χ0n) is 41.4. The van der Waals surface area contributed by atoms with E-state index >= 15 is 0 Å². The summed E-state index contributed by atoms with van der Waals surface area (Å²) in [7, 11) is 5.23. The molecule has 69 heavy (non-hydrogen) atoms. The van der Waals surface area contributed by atoms with Gasteiger partial charge in [0, 0.05) is 59.4 Å². The Labute approximate surface area is 405 Å². The Balaban J connectivity index is 1.19. The largest absolute Gasteiger partial charge is 0.480 e. The number of hydrogen-bond donors (Lipinski definition) is 0. The molecule has 356 valence electrons. The summed E-state index contributed by atoms with van der Waals surface area (Å²) in [6.07, 6.45) is 4.85. The lowest BCUT2D eigenvalue weighted by molar-refractivity contribution is 0.0276. The Hall–Kier alpha value is -7.58. The van der Waals surface area contributed by atoms with Crippen LogP contribution in [0.2, 0.25) is 0 Å². The lowest BCUT2D eigenvalue weighted by Crippen LogP contribution is -2.34. The summed E-state index contributed by atoms with van der Waals surface area (Å²) in [5.74, 6) is 2.16. The number of terminal acetylenes is 1. The van der Waals surface area contributed by atoms with Crippen molar-refractivity contribution in [2.24, 2.45) is 0 Å². The number of carbonyl (C=O) groups excluding carboxylic acids is 4. The van der Waals surface area contributed by atoms with Gasteiger partial charge in [0.25, 0.3) is 11.8 Å². The van der Waals surface area contributed by atoms with Gasteiger partial charge in [-0.15, -0.1) is 6.42 Å². The van der Waals surface area contributed by atoms with Crippen molar-refractivity contribution >= 4 is 67.1 Å². The molecule has 0 atom stereocenters. The summed E-state index contributed by atoms with van der Waals surface area (Å²) >= 11 is 0. The first-order valence-electron chi connectivity index (χ1n) is 23.3. The van der Waals surface area contributed by atoms with E-state index in [2.05, 4.69) is 18.1 Å². The molecule has 0 unspecified atom stereocenters. The average Bonchev–Trinajstić information content (AvgIpc) is 3.32. The van der Waals surface area contributed by atoms with Crippen LogP contribution in [-0.4, -0.2) is 89.1 Å². The van der Waals surface area contributed by atoms with Crippen LogP contribution < -0.4 is 4.74 Å². The summed E-state index contributed by atoms with van der Waals surface area (Å²) in [5, 5.41) is 7.74. The molecule has 0 N–H and O–H groups in total. The first kappa shape index (κ1) is 49.3. The van der Waals surface area contributed by atoms with Crippen LogP contribution in [-0.2, 0) is 35.7 Å². The lowest BCUT2D eigenvalue weighted by atomic mass is 9.91. The van der Waals surface area contributed by atoms with Gasteiger partial charge in [-0.05, 0) is 132 Å². The van der Waals surface area contributed by atoms with Crippen molar-refractivity contribution in [3.8, 4) is 18.1 Å². The van der Waals surface area contributed by atoms with Crippen molar-refractivity contribution in [3.05, 3.63) is 149 Å². The first-order valence-corrected chi connectivity index (χ1v) is 23.3. The highest BCUT2D eigenvalue weighted by Gasteiger charge is 2.27. The molecule has 7 rings (SSSR count). The summed E-state index contributed by atoms with van der Waals surface area (Å²) in [6.45, 7) is 14.5. The van der Waals surface area contributed by atoms with Crippen molar-refractivity contribution in [2.45, 2.75) is 85.8 Å². The zero-order chi connectivity index (χ0) is 49.8. The van der Waals surface area contributed by atoms with Gasteiger partial charge in [0.15, 0.2) is 0 Å². The Bertz CT molecular complexity index is 3030. The molecule has 0 bridgehead atoms. The number of nitrogens with zero attached hydrogens (tertiary/aromatic N) is 4. The van der Waals surface area contributed by atoms with Crippen molar-refractivity contribution < 1.29 is 33.4 Å². The molecule has 7 aromatic rings. The average molecular weight is 927 g/mol. The van der Waals surface area contributed by atoms with Crippen molar-refractivity contribution in [2.75, 3.05) is 34.3 Å². The van der Waals surface area contributed by atoms with Gasteiger partial charge < -0.3 is 33.8 Å². The second kappa shape index (κ2) is 20.3. The maximum Gasteiger partial charge on any atom is 0.410 e. The van der Waals surface area contributed by atoms with Crippen LogP contribution in [0.4, 0.5) is 9.59 Å². The molecule has 7 aromatic carbocycles. The topological polar surface area (TPSA) is 109 Å². The van der Waals surface area contributed by atoms with Gasteiger partial charge in [0.05, 0.1) is 5.56 Å². The van der Waals surface area contributed by atoms with Crippen LogP contribution in [0.5, 0.6) is 5.75 Å². The predicted molar refractivity (Wildman–Crippen MR) is 275 cm³/mol. The first-order chi connectivity index (χ1) is 32.8. The molecule has 0 spiro atoms. The van der Waals surface area contributed by atoms with Crippen molar-refractivity contribution in [1.29, 1.82) is 0 Å². The third kappa shape index (κ3) is 10.9. The van der Waals surface area contributed by atoms with E-state index in [0.717, 1.165) is 65.3 Å². The normalized spacial score (nSPS) is 11.6. The quantitative estimate of drug-likeness (QED) is 0.0837. The van der Waals surface area contributed by atoms with E-state index in [1.165, 1.54) is 0 Å². The van der Waals surface area contributed by atoms with Crippen molar-refractivity contribution in [3.63, 3.8) is 0 Å². The Kier molecular flexibility index (Phi) is 14.5. The van der Waals surface area contributed by atoms with Gasteiger partial charge in [-0.1, -0.05) is 103 Å². The van der Waals surface area contributed by atoms with Gasteiger partial charge in [-0.2, -0.15) is 0 Å². The van der Waals surface area contributed by atoms with Crippen LogP contribution in [0.3, 0.4) is 0 Å². The molecule has 11 heteroatoms. The summed E-state index contributed by atoms with van der Waals surface area (Å²) in [6, 6.07) is 37.1. The molecular formula is C58H62N4O7. The zero-order valence-corrected chi connectivity index (χ0v) is 41.4. The minimum Gasteiger partial charge on any atom is -0.480 e. The number of amides is 4. The number of fused-ring (bicyclic) bond motifs is 4. The van der Waals surface area contributed by atoms with E-state index in [9.17, 15) is 19.2 Å². The van der Waals surface area contributed by atoms with Crippen LogP contribution in [0, 0.1) is 12.3 Å². The number of benzene rings is 7. The monoisotopic (exact) mass is 926 g/mol. The molecule has 0 fully saturated rings. The van der Waals surface area contributed by atoms with E-state index in [4.69, 9.17) is 20.6 Å². The molecule has 0 aliphatic rings. The van der Waals surface area contributed by atoms with Crippen molar-refractivity contribution in [1.82, 2.24) is 19.6 Å². The molecule has 0 saturated heterocycles. The number of rotatable bonds is 13. The van der Waals surface area contributed by atoms with Gasteiger partial charge in [-0.3, -0.25) is 9.59 Å². The molecule has 0 heterocycles. The molecule has 11 nitrogen and oxygen atoms in total. The van der Waals surface area contributed by atoms with E-state index in [1.54, 1.807) is 58.9 Å². The van der Waals surface area contributed by atoms with Crippen LogP contribution >= 0.6 is 0 Å². The summed E-state index contributed by atoms with van der Waals surface area (Å²) < 4.78 is 17.4. The maximum atomic E-state index is 14.7. The van der Waals surface area contributed by atoms with Gasteiger partial charge in [-0.25, -0.2) is 9.59 Å². The fourth-order valence-corrected chi connectivity index (χ4v) is 8.87. The molecule has 0 radical (unpaired) electrons. The maximum absolute atomic E-state index is 14.7. The highest BCUT2D eigenvalue weighted by Crippen LogP contribution is 2.37. The lowest BCUT2D eigenvalue weighted by Gasteiger charge is -2.27. The predicted octanol–water partition coefficient (Wildman–Crippen LogP) is 12.0. The highest BCUT2D eigenvalue weighted by atomic mass is 16.6. The standard InChI is InChI=1S/C58H62N4O7/c1-12-32-67-52-33-38(53(63)59(9)34-48-39-22-14-16-24-41(39)49(42-25-17-15-23-40(42)48)35-60(10)55(65)68-57(3,4)5)30-31-47(52)54(64)62(13-2)37-51-45-28-20-18-26-43(45)50(44-27-19-21-29-46(44)51)36-61(11)56(66)69-58(6,7)8/h1,14-31,33H,13,32,34-37H2,2-11H3. The molecule has 0 saturated carbocycles. The van der Waals surface area contributed by atoms with Gasteiger partial charge >= 0.3 is 12.2 Å². The van der Waals surface area contributed by atoms with Crippen LogP contribution in [0.25, 0.3) is 43.1 Å². The summed E-state index contributed by atoms with van der Waals surface area (Å²) in [5.41, 5.74) is 3.20. The number of ether oxygens (including phenoxy) is 3. The minimum atomic E-state index is -0.640. The fourth-order valence-electron chi connectivity index (χ4n) is 8.87. The SMILES string of the molecule is C#CCOc1cc(C(=O)N(C)Cc2c3ccccc3c(CN(C)C(=O)OC(C)(C)C)c3ccccc23)ccc1C(=O)N(CC)Cc1c2ccccc2c(CN(C)C(=O)OC(C)(C)C)c2ccccc12.